The van der Waals surface area contributed by atoms with Crippen LogP contribution in [0.3, 0.4) is 0 Å². The van der Waals surface area contributed by atoms with E-state index in [-0.39, 0.29) is 0 Å². The van der Waals surface area contributed by atoms with Gasteiger partial charge in [-0.25, -0.2) is 0 Å². The molecule has 542 valence electrons. The van der Waals surface area contributed by atoms with Gasteiger partial charge in [0.05, 0.1) is 11.6 Å². The Morgan fingerprint density at radius 3 is 0.870 bits per heavy atom. The molecular formula is C112H78ClN2+. The highest BCUT2D eigenvalue weighted by molar-refractivity contribution is 6.30. The number of halogens is 1. The highest BCUT2D eigenvalue weighted by Crippen LogP contribution is 2.43. The van der Waals surface area contributed by atoms with Gasteiger partial charge in [0.25, 0.3) is 0 Å². The molecule has 0 aliphatic heterocycles. The minimum atomic E-state index is 0.752. The third-order valence-electron chi connectivity index (χ3n) is 21.7. The molecule has 0 spiro atoms. The topological polar surface area (TPSA) is 15.3 Å². The first-order chi connectivity index (χ1) is 56.9. The van der Waals surface area contributed by atoms with Gasteiger partial charge in [0.1, 0.15) is 12.2 Å². The Morgan fingerprint density at radius 2 is 0.504 bits per heavy atom. The Hall–Kier alpha value is -14.8. The first kappa shape index (κ1) is 71.8. The molecule has 0 saturated carbocycles. The maximum Gasteiger partial charge on any atom is 0.111 e. The Bertz CT molecular complexity index is 6460. The third-order valence-corrected chi connectivity index (χ3v) is 21.9. The van der Waals surface area contributed by atoms with Crippen LogP contribution in [0.1, 0.15) is 5.56 Å². The van der Waals surface area contributed by atoms with Gasteiger partial charge < -0.3 is 10.2 Å². The van der Waals surface area contributed by atoms with Crippen LogP contribution in [0.5, 0.6) is 0 Å². The van der Waals surface area contributed by atoms with Crippen molar-refractivity contribution in [1.82, 2.24) is 0 Å². The zero-order valence-electron chi connectivity index (χ0n) is 63.3. The Balaban J connectivity index is 0.000000133. The number of hydrogen-bond acceptors (Lipinski definition) is 2. The maximum atomic E-state index is 6.03. The second-order valence-corrected chi connectivity index (χ2v) is 29.2. The van der Waals surface area contributed by atoms with Crippen molar-refractivity contribution < 1.29 is 0 Å². The monoisotopic (exact) mass is 1490 g/mol. The van der Waals surface area contributed by atoms with E-state index in [1.54, 1.807) is 0 Å². The summed E-state index contributed by atoms with van der Waals surface area (Å²) in [6.45, 7) is 0. The van der Waals surface area contributed by atoms with Crippen LogP contribution < -0.4 is 10.2 Å². The van der Waals surface area contributed by atoms with Crippen LogP contribution in [0, 0.1) is 6.08 Å². The molecule has 19 aromatic carbocycles. The van der Waals surface area contributed by atoms with Gasteiger partial charge in [-0.15, -0.1) is 0 Å². The van der Waals surface area contributed by atoms with E-state index >= 15 is 0 Å². The summed E-state index contributed by atoms with van der Waals surface area (Å²) < 4.78 is 0. The van der Waals surface area contributed by atoms with Crippen molar-refractivity contribution >= 4 is 88.7 Å². The highest BCUT2D eigenvalue weighted by atomic mass is 35.5. The van der Waals surface area contributed by atoms with Crippen molar-refractivity contribution in [3.63, 3.8) is 0 Å². The van der Waals surface area contributed by atoms with Gasteiger partial charge in [-0.3, -0.25) is 0 Å². The summed E-state index contributed by atoms with van der Waals surface area (Å²) in [4.78, 5) is 2.36. The van der Waals surface area contributed by atoms with Crippen molar-refractivity contribution in [2.45, 2.75) is 0 Å². The van der Waals surface area contributed by atoms with Gasteiger partial charge in [-0.05, 0) is 223 Å². The lowest BCUT2D eigenvalue weighted by atomic mass is 9.90. The fourth-order valence-electron chi connectivity index (χ4n) is 15.9. The first-order valence-electron chi connectivity index (χ1n) is 39.1. The standard InChI is InChI=1S/C56H39N.C32H23N.C24H16Cl/c1-3-13-41(14-4-1)55-38-31-47(39-56(55)44-15-5-2-6-16-44)40-25-32-48(33-26-40)57(49-34-27-45(28-35-49)53-23-11-19-42-17-7-9-21-51(42)53)50-36-29-46(30-37-50)54-24-12-20-43-18-8-10-22-52(43)54;1-3-11-29-23(7-1)9-5-13-31(29)25-15-19-27(20-16-25)33-28-21-17-26(18-22-28)32-14-6-10-24-8-2-4-12-30(24)32;25-22-14-11-18(12-15-22)21-13-16-23(19-7-3-1-4-8-19)24(17-21)20-9-5-2-6-10-20/h1-39H;1-22,33H;1-5,7-17H/q;;+1. The molecule has 0 fully saturated rings. The Morgan fingerprint density at radius 1 is 0.217 bits per heavy atom. The molecule has 115 heavy (non-hydrogen) atoms. The fourth-order valence-corrected chi connectivity index (χ4v) is 16.0. The molecule has 0 saturated heterocycles. The third kappa shape index (κ3) is 15.9. The molecule has 20 rings (SSSR count). The lowest BCUT2D eigenvalue weighted by Gasteiger charge is -2.26. The van der Waals surface area contributed by atoms with Crippen molar-refractivity contribution in [1.29, 1.82) is 0 Å². The number of allylic oxidation sites excluding steroid dienone is 6. The highest BCUT2D eigenvalue weighted by Gasteiger charge is 2.19. The quantitative estimate of drug-likeness (QED) is 0.103. The number of fused-ring (bicyclic) bond motifs is 4. The van der Waals surface area contributed by atoms with Gasteiger partial charge in [0.2, 0.25) is 0 Å². The molecular weight excluding hydrogens is 1410 g/mol. The molecule has 19 aromatic rings. The number of rotatable bonds is 15. The SMILES string of the molecule is Clc1ccc(-c2ccc(-c3ccccc3)c(C3=CC=C[C+]=C3)c2)cc1.c1ccc(-c2ccc(-c3ccc(N(c4ccc(-c5cccc6ccccc56)cc4)c4ccc(-c5cccc6ccccc56)cc4)cc3)cc2-c2ccccc2)cc1.c1ccc2c(-c3ccc(Nc4ccc(-c5cccc6ccccc56)cc4)cc3)cccc2c1. The fraction of sp³-hybridized carbons (Fsp3) is 0. The number of anilines is 5. The predicted molar refractivity (Wildman–Crippen MR) is 493 cm³/mol. The van der Waals surface area contributed by atoms with Gasteiger partial charge in [0, 0.05) is 56.7 Å². The second kappa shape index (κ2) is 33.4. The predicted octanol–water partition coefficient (Wildman–Crippen LogP) is 31.9. The van der Waals surface area contributed by atoms with Gasteiger partial charge in [-0.1, -0.05) is 370 Å². The summed E-state index contributed by atoms with van der Waals surface area (Å²) in [5.41, 5.74) is 29.7. The van der Waals surface area contributed by atoms with Crippen molar-refractivity contribution in [2.75, 3.05) is 10.2 Å². The van der Waals surface area contributed by atoms with E-state index < -0.39 is 0 Å². The van der Waals surface area contributed by atoms with E-state index in [1.807, 2.05) is 36.4 Å². The van der Waals surface area contributed by atoms with Crippen molar-refractivity contribution in [3.8, 4) is 100 Å². The smallest absolute Gasteiger partial charge is 0.111 e. The van der Waals surface area contributed by atoms with E-state index in [1.165, 1.54) is 143 Å². The van der Waals surface area contributed by atoms with Gasteiger partial charge in [0.15, 0.2) is 0 Å². The van der Waals surface area contributed by atoms with Crippen LogP contribution in [0.4, 0.5) is 28.4 Å². The number of hydrogen-bond donors (Lipinski definition) is 1. The average molecular weight is 1490 g/mol. The van der Waals surface area contributed by atoms with Crippen LogP contribution in [0.25, 0.3) is 149 Å². The number of benzene rings is 19. The summed E-state index contributed by atoms with van der Waals surface area (Å²) in [5, 5.41) is 14.4. The first-order valence-corrected chi connectivity index (χ1v) is 39.5. The summed E-state index contributed by atoms with van der Waals surface area (Å²) >= 11 is 6.03. The zero-order chi connectivity index (χ0) is 77.1. The van der Waals surface area contributed by atoms with Crippen LogP contribution in [0.2, 0.25) is 5.02 Å². The number of nitrogens with zero attached hydrogens (tertiary/aromatic N) is 1. The molecule has 1 aliphatic carbocycles. The minimum absolute atomic E-state index is 0.752. The van der Waals surface area contributed by atoms with E-state index in [4.69, 9.17) is 11.6 Å². The molecule has 0 unspecified atom stereocenters. The van der Waals surface area contributed by atoms with Gasteiger partial charge >= 0.3 is 0 Å². The Labute approximate surface area is 678 Å². The molecule has 0 bridgehead atoms. The van der Waals surface area contributed by atoms with Crippen molar-refractivity contribution in [3.05, 3.63) is 484 Å². The normalized spacial score (nSPS) is 11.4. The molecule has 1 N–H and O–H groups in total. The summed E-state index contributed by atoms with van der Waals surface area (Å²) in [7, 11) is 0. The molecule has 2 nitrogen and oxygen atoms in total. The van der Waals surface area contributed by atoms with Crippen LogP contribution in [-0.4, -0.2) is 0 Å². The van der Waals surface area contributed by atoms with E-state index in [0.717, 1.165) is 44.6 Å². The van der Waals surface area contributed by atoms with Crippen LogP contribution >= 0.6 is 11.6 Å². The Kier molecular flexibility index (Phi) is 20.9. The summed E-state index contributed by atoms with van der Waals surface area (Å²) in [5.74, 6) is 0. The summed E-state index contributed by atoms with van der Waals surface area (Å²) in [6, 6.07) is 158. The van der Waals surface area contributed by atoms with Crippen LogP contribution in [-0.2, 0) is 0 Å². The maximum absolute atomic E-state index is 6.03. The van der Waals surface area contributed by atoms with E-state index in [9.17, 15) is 0 Å². The molecule has 0 aromatic heterocycles. The van der Waals surface area contributed by atoms with Crippen LogP contribution in [0.15, 0.2) is 467 Å². The second-order valence-electron chi connectivity index (χ2n) is 28.8. The zero-order valence-corrected chi connectivity index (χ0v) is 64.0. The van der Waals surface area contributed by atoms with E-state index in [2.05, 4.69) is 447 Å². The van der Waals surface area contributed by atoms with Gasteiger partial charge in [-0.2, -0.15) is 0 Å². The molecule has 0 atom stereocenters. The summed E-state index contributed by atoms with van der Waals surface area (Å²) in [6.07, 6.45) is 11.3. The molecule has 1 aliphatic rings. The lowest BCUT2D eigenvalue weighted by molar-refractivity contribution is 1.28. The lowest BCUT2D eigenvalue weighted by Crippen LogP contribution is -2.09. The largest absolute Gasteiger partial charge is 0.356 e. The molecule has 0 radical (unpaired) electrons. The van der Waals surface area contributed by atoms with Crippen molar-refractivity contribution in [2.24, 2.45) is 0 Å². The van der Waals surface area contributed by atoms with E-state index in [0.29, 0.717) is 0 Å². The molecule has 3 heteroatoms. The number of nitrogens with one attached hydrogen (secondary N) is 1. The molecule has 0 amide bonds. The minimum Gasteiger partial charge on any atom is -0.356 e. The average Bonchev–Trinajstić information content (AvgIpc) is 0.704. The molecule has 0 heterocycles.